The molecular weight excluding hydrogens is 336 g/mol. The molecule has 2 aliphatic heterocycles. The lowest BCUT2D eigenvalue weighted by molar-refractivity contribution is -0.146. The van der Waals surface area contributed by atoms with Crippen molar-refractivity contribution in [3.05, 3.63) is 11.0 Å². The summed E-state index contributed by atoms with van der Waals surface area (Å²) < 4.78 is 5.00. The predicted molar refractivity (Wildman–Crippen MR) is 96.5 cm³/mol. The molecule has 3 aliphatic rings. The fraction of sp³-hybridized carbons (Fsp3) is 0.737. The molecule has 0 aromatic rings. The van der Waals surface area contributed by atoms with Gasteiger partial charge in [-0.05, 0) is 50.4 Å². The van der Waals surface area contributed by atoms with Gasteiger partial charge < -0.3 is 9.64 Å². The monoisotopic (exact) mass is 362 g/mol. The average molecular weight is 362 g/mol. The molecule has 1 saturated heterocycles. The number of likely N-dealkylation sites (tertiary alicyclic amines) is 1. The number of amides is 1. The van der Waals surface area contributed by atoms with Crippen molar-refractivity contribution >= 4 is 23.6 Å². The first-order valence-corrected chi connectivity index (χ1v) is 10.3. The molecule has 0 aromatic carbocycles. The number of hydrogen-bond acceptors (Lipinski definition) is 5. The molecule has 1 aliphatic carbocycles. The van der Waals surface area contributed by atoms with E-state index >= 15 is 0 Å². The molecule has 0 bridgehead atoms. The lowest BCUT2D eigenvalue weighted by atomic mass is 9.78. The summed E-state index contributed by atoms with van der Waals surface area (Å²) in [5.41, 5.74) is 0.755. The molecule has 1 saturated carbocycles. The molecule has 0 spiro atoms. The number of nitriles is 1. The van der Waals surface area contributed by atoms with E-state index in [0.29, 0.717) is 18.4 Å². The zero-order chi connectivity index (χ0) is 17.8. The van der Waals surface area contributed by atoms with Crippen LogP contribution in [0, 0.1) is 23.2 Å². The van der Waals surface area contributed by atoms with Crippen molar-refractivity contribution < 1.29 is 14.3 Å². The van der Waals surface area contributed by atoms with Crippen LogP contribution in [0.15, 0.2) is 11.0 Å². The minimum atomic E-state index is -0.810. The van der Waals surface area contributed by atoms with Gasteiger partial charge in [0.15, 0.2) is 5.92 Å². The highest BCUT2D eigenvalue weighted by Gasteiger charge is 2.40. The van der Waals surface area contributed by atoms with E-state index < -0.39 is 11.9 Å². The number of fused-ring (bicyclic) bond motifs is 1. The van der Waals surface area contributed by atoms with E-state index in [1.807, 2.05) is 5.41 Å². The molecule has 0 N–H and O–H groups in total. The summed E-state index contributed by atoms with van der Waals surface area (Å²) in [6.07, 6.45) is 7.65. The van der Waals surface area contributed by atoms with Crippen LogP contribution in [0.25, 0.3) is 0 Å². The third-order valence-electron chi connectivity index (χ3n) is 5.64. The van der Waals surface area contributed by atoms with Crippen LogP contribution in [0.1, 0.15) is 51.9 Å². The number of carbonyl (C=O) groups is 2. The number of carbonyl (C=O) groups excluding carboxylic acids is 2. The molecular formula is C19H26N2O3S. The van der Waals surface area contributed by atoms with Gasteiger partial charge in [0.05, 0.1) is 12.7 Å². The van der Waals surface area contributed by atoms with Crippen LogP contribution in [0.4, 0.5) is 0 Å². The van der Waals surface area contributed by atoms with Crippen molar-refractivity contribution in [1.29, 1.82) is 5.26 Å². The van der Waals surface area contributed by atoms with Crippen LogP contribution >= 0.6 is 11.8 Å². The molecule has 0 radical (unpaired) electrons. The molecule has 2 heterocycles. The molecule has 4 unspecified atom stereocenters. The van der Waals surface area contributed by atoms with Gasteiger partial charge in [-0.1, -0.05) is 12.8 Å². The number of piperidine rings is 1. The SMILES string of the molecule is CCOC(=O)C(C#N)C1CC(C(=O)N2CCCC3CCCCC32)=CS1. The Hall–Kier alpha value is -1.48. The Kier molecular flexibility index (Phi) is 6.06. The standard InChI is InChI=1S/C19H26N2O3S/c1-2-24-19(23)15(11-20)17-10-14(12-25-17)18(22)21-9-5-7-13-6-3-4-8-16(13)21/h12-13,15-17H,2-10H2,1H3. The minimum Gasteiger partial charge on any atom is -0.465 e. The van der Waals surface area contributed by atoms with Gasteiger partial charge in [0, 0.05) is 23.4 Å². The van der Waals surface area contributed by atoms with Crippen molar-refractivity contribution in [2.24, 2.45) is 11.8 Å². The molecule has 1 amide bonds. The van der Waals surface area contributed by atoms with Crippen molar-refractivity contribution in [3.8, 4) is 6.07 Å². The van der Waals surface area contributed by atoms with Crippen LogP contribution in [-0.4, -0.2) is 41.2 Å². The van der Waals surface area contributed by atoms with E-state index in [9.17, 15) is 14.9 Å². The van der Waals surface area contributed by atoms with Crippen LogP contribution < -0.4 is 0 Å². The zero-order valence-corrected chi connectivity index (χ0v) is 15.6. The zero-order valence-electron chi connectivity index (χ0n) is 14.8. The van der Waals surface area contributed by atoms with Crippen molar-refractivity contribution in [1.82, 2.24) is 4.90 Å². The van der Waals surface area contributed by atoms with Gasteiger partial charge in [0.2, 0.25) is 0 Å². The Bertz CT molecular complexity index is 596. The first-order valence-electron chi connectivity index (χ1n) is 9.37. The maximum atomic E-state index is 13.1. The highest BCUT2D eigenvalue weighted by atomic mass is 32.2. The molecule has 3 rings (SSSR count). The summed E-state index contributed by atoms with van der Waals surface area (Å²) in [4.78, 5) is 27.1. The maximum Gasteiger partial charge on any atom is 0.324 e. The van der Waals surface area contributed by atoms with Crippen molar-refractivity contribution in [2.45, 2.75) is 63.2 Å². The van der Waals surface area contributed by atoms with Crippen molar-refractivity contribution in [3.63, 3.8) is 0 Å². The normalized spacial score (nSPS) is 30.0. The molecule has 5 nitrogen and oxygen atoms in total. The first kappa shape index (κ1) is 18.3. The number of hydrogen-bond donors (Lipinski definition) is 0. The molecule has 25 heavy (non-hydrogen) atoms. The molecule has 136 valence electrons. The van der Waals surface area contributed by atoms with Crippen LogP contribution in [0.2, 0.25) is 0 Å². The van der Waals surface area contributed by atoms with E-state index in [2.05, 4.69) is 11.0 Å². The maximum absolute atomic E-state index is 13.1. The smallest absolute Gasteiger partial charge is 0.324 e. The fourth-order valence-electron chi connectivity index (χ4n) is 4.40. The Labute approximate surface area is 153 Å². The minimum absolute atomic E-state index is 0.118. The third-order valence-corrected chi connectivity index (χ3v) is 6.85. The van der Waals surface area contributed by atoms with E-state index in [-0.39, 0.29) is 17.8 Å². The Morgan fingerprint density at radius 3 is 2.88 bits per heavy atom. The second kappa shape index (κ2) is 8.27. The summed E-state index contributed by atoms with van der Waals surface area (Å²) in [7, 11) is 0. The largest absolute Gasteiger partial charge is 0.465 e. The van der Waals surface area contributed by atoms with Crippen LogP contribution in [0.3, 0.4) is 0 Å². The second-order valence-electron chi connectivity index (χ2n) is 7.13. The average Bonchev–Trinajstić information content (AvgIpc) is 3.11. The number of esters is 1. The van der Waals surface area contributed by atoms with Crippen LogP contribution in [0.5, 0.6) is 0 Å². The Balaban J connectivity index is 1.64. The fourth-order valence-corrected chi connectivity index (χ4v) is 5.54. The number of thioether (sulfide) groups is 1. The quantitative estimate of drug-likeness (QED) is 0.718. The Morgan fingerprint density at radius 1 is 1.36 bits per heavy atom. The molecule has 2 fully saturated rings. The van der Waals surface area contributed by atoms with Gasteiger partial charge in [-0.2, -0.15) is 5.26 Å². The van der Waals surface area contributed by atoms with E-state index in [1.54, 1.807) is 6.92 Å². The summed E-state index contributed by atoms with van der Waals surface area (Å²) in [6.45, 7) is 2.84. The summed E-state index contributed by atoms with van der Waals surface area (Å²) in [5, 5.41) is 11.0. The second-order valence-corrected chi connectivity index (χ2v) is 8.25. The number of nitrogens with zero attached hydrogens (tertiary/aromatic N) is 2. The highest BCUT2D eigenvalue weighted by Crippen LogP contribution is 2.40. The molecule has 6 heteroatoms. The first-order chi connectivity index (χ1) is 12.2. The van der Waals surface area contributed by atoms with Gasteiger partial charge in [-0.15, -0.1) is 11.8 Å². The van der Waals surface area contributed by atoms with E-state index in [4.69, 9.17) is 4.74 Å². The number of rotatable bonds is 4. The van der Waals surface area contributed by atoms with E-state index in [0.717, 1.165) is 25.0 Å². The summed E-state index contributed by atoms with van der Waals surface area (Å²) in [6, 6.07) is 2.45. The van der Waals surface area contributed by atoms with Gasteiger partial charge >= 0.3 is 5.97 Å². The van der Waals surface area contributed by atoms with Gasteiger partial charge in [-0.3, -0.25) is 9.59 Å². The van der Waals surface area contributed by atoms with E-state index in [1.165, 1.54) is 37.4 Å². The van der Waals surface area contributed by atoms with Crippen LogP contribution in [-0.2, 0) is 14.3 Å². The van der Waals surface area contributed by atoms with Gasteiger partial charge in [-0.25, -0.2) is 0 Å². The molecule has 0 aromatic heterocycles. The topological polar surface area (TPSA) is 70.4 Å². The highest BCUT2D eigenvalue weighted by molar-refractivity contribution is 8.03. The lowest BCUT2D eigenvalue weighted by Gasteiger charge is -2.44. The van der Waals surface area contributed by atoms with Crippen molar-refractivity contribution in [2.75, 3.05) is 13.2 Å². The predicted octanol–water partition coefficient (Wildman–Crippen LogP) is 3.26. The van der Waals surface area contributed by atoms with Gasteiger partial charge in [0.1, 0.15) is 0 Å². The molecule has 4 atom stereocenters. The summed E-state index contributed by atoms with van der Waals surface area (Å²) in [5.74, 6) is -0.513. The summed E-state index contributed by atoms with van der Waals surface area (Å²) >= 11 is 1.43. The van der Waals surface area contributed by atoms with Gasteiger partial charge in [0.25, 0.3) is 5.91 Å². The number of ether oxygens (including phenoxy) is 1. The lowest BCUT2D eigenvalue weighted by Crippen LogP contribution is -2.50. The Morgan fingerprint density at radius 2 is 2.12 bits per heavy atom. The third kappa shape index (κ3) is 3.87.